The Morgan fingerprint density at radius 3 is 2.41 bits per heavy atom. The van der Waals surface area contributed by atoms with E-state index >= 15 is 0 Å². The van der Waals surface area contributed by atoms with E-state index < -0.39 is 0 Å². The Labute approximate surface area is 103 Å². The van der Waals surface area contributed by atoms with Gasteiger partial charge in [0.15, 0.2) is 0 Å². The molecule has 1 N–H and O–H groups in total. The van der Waals surface area contributed by atoms with Gasteiger partial charge >= 0.3 is 0 Å². The summed E-state index contributed by atoms with van der Waals surface area (Å²) in [6.45, 7) is 3.99. The molecular weight excluding hydrogens is 208 g/mol. The fraction of sp³-hybridized carbons (Fsp3) is 0.125. The van der Waals surface area contributed by atoms with E-state index in [2.05, 4.69) is 19.1 Å². The van der Waals surface area contributed by atoms with Crippen molar-refractivity contribution in [2.45, 2.75) is 6.42 Å². The van der Waals surface area contributed by atoms with Crippen molar-refractivity contribution in [2.24, 2.45) is 0 Å². The Morgan fingerprint density at radius 2 is 1.76 bits per heavy atom. The lowest BCUT2D eigenvalue weighted by atomic mass is 9.92. The summed E-state index contributed by atoms with van der Waals surface area (Å²) in [6.07, 6.45) is 0.779. The van der Waals surface area contributed by atoms with Crippen LogP contribution in [-0.4, -0.2) is 11.7 Å². The van der Waals surface area contributed by atoms with Gasteiger partial charge in [-0.05, 0) is 30.0 Å². The summed E-state index contributed by atoms with van der Waals surface area (Å²) in [4.78, 5) is 0. The minimum absolute atomic E-state index is 0.0817. The standard InChI is InChI=1S/C16H16O/c1-13-6-5-9-15(10-13)16(12-17)11-14-7-3-2-4-8-14/h2-10,17H,1,11-12H2. The van der Waals surface area contributed by atoms with Crippen LogP contribution in [0.2, 0.25) is 0 Å². The fourth-order valence-corrected chi connectivity index (χ4v) is 1.88. The number of aliphatic hydroxyl groups is 1. The van der Waals surface area contributed by atoms with Gasteiger partial charge in [0.25, 0.3) is 0 Å². The maximum Gasteiger partial charge on any atom is 0.0540 e. The molecule has 1 nitrogen and oxygen atoms in total. The van der Waals surface area contributed by atoms with E-state index in [1.165, 1.54) is 5.56 Å². The summed E-state index contributed by atoms with van der Waals surface area (Å²) in [5.74, 6) is 1.03. The molecule has 0 saturated carbocycles. The molecule has 0 atom stereocenters. The molecule has 0 heterocycles. The topological polar surface area (TPSA) is 20.2 Å². The molecule has 17 heavy (non-hydrogen) atoms. The Morgan fingerprint density at radius 1 is 1.00 bits per heavy atom. The van der Waals surface area contributed by atoms with Crippen molar-refractivity contribution < 1.29 is 5.11 Å². The van der Waals surface area contributed by atoms with Gasteiger partial charge < -0.3 is 5.11 Å². The molecule has 0 unspecified atom stereocenters. The van der Waals surface area contributed by atoms with Crippen LogP contribution in [-0.2, 0) is 6.42 Å². The first-order chi connectivity index (χ1) is 8.29. The monoisotopic (exact) mass is 224 g/mol. The molecule has 2 radical (unpaired) electrons. The molecule has 0 aromatic heterocycles. The highest BCUT2D eigenvalue weighted by molar-refractivity contribution is 5.38. The van der Waals surface area contributed by atoms with Crippen LogP contribution in [0.1, 0.15) is 16.7 Å². The highest BCUT2D eigenvalue weighted by atomic mass is 16.3. The van der Waals surface area contributed by atoms with Crippen LogP contribution in [0.25, 0.3) is 0 Å². The van der Waals surface area contributed by atoms with Crippen LogP contribution >= 0.6 is 0 Å². The molecule has 0 fully saturated rings. The summed E-state index contributed by atoms with van der Waals surface area (Å²) in [5, 5.41) is 9.47. The second-order valence-electron chi connectivity index (χ2n) is 4.12. The van der Waals surface area contributed by atoms with Crippen LogP contribution in [0.15, 0.2) is 54.6 Å². The van der Waals surface area contributed by atoms with Gasteiger partial charge in [0.2, 0.25) is 0 Å². The van der Waals surface area contributed by atoms with E-state index in [-0.39, 0.29) is 6.61 Å². The maximum absolute atomic E-state index is 9.47. The predicted molar refractivity (Wildman–Crippen MR) is 70.5 cm³/mol. The first kappa shape index (κ1) is 11.9. The molecule has 0 amide bonds. The number of benzene rings is 2. The molecule has 0 aliphatic heterocycles. The number of aliphatic hydroxyl groups excluding tert-OH is 1. The number of hydrogen-bond acceptors (Lipinski definition) is 1. The lowest BCUT2D eigenvalue weighted by Crippen LogP contribution is -2.09. The Hall–Kier alpha value is -1.60. The van der Waals surface area contributed by atoms with Crippen molar-refractivity contribution in [1.82, 2.24) is 0 Å². The van der Waals surface area contributed by atoms with Gasteiger partial charge in [-0.1, -0.05) is 54.6 Å². The van der Waals surface area contributed by atoms with Crippen LogP contribution in [0.5, 0.6) is 0 Å². The Bertz CT molecular complexity index is 462. The number of rotatable bonds is 4. The normalized spacial score (nSPS) is 10.8. The second-order valence-corrected chi connectivity index (χ2v) is 4.12. The zero-order chi connectivity index (χ0) is 12.1. The molecule has 0 spiro atoms. The van der Waals surface area contributed by atoms with E-state index in [0.29, 0.717) is 0 Å². The zero-order valence-corrected chi connectivity index (χ0v) is 9.76. The van der Waals surface area contributed by atoms with Crippen LogP contribution in [0.3, 0.4) is 0 Å². The van der Waals surface area contributed by atoms with Gasteiger partial charge in [-0.2, -0.15) is 0 Å². The van der Waals surface area contributed by atoms with Crippen molar-refractivity contribution in [3.8, 4) is 0 Å². The van der Waals surface area contributed by atoms with Crippen LogP contribution in [0.4, 0.5) is 0 Å². The Kier molecular flexibility index (Phi) is 3.94. The lowest BCUT2D eigenvalue weighted by Gasteiger charge is -2.14. The van der Waals surface area contributed by atoms with E-state index in [1.54, 1.807) is 0 Å². The molecular formula is C16H16O. The lowest BCUT2D eigenvalue weighted by molar-refractivity contribution is 0.310. The van der Waals surface area contributed by atoms with E-state index in [4.69, 9.17) is 0 Å². The van der Waals surface area contributed by atoms with Gasteiger partial charge in [0.1, 0.15) is 0 Å². The van der Waals surface area contributed by atoms with E-state index in [0.717, 1.165) is 23.5 Å². The first-order valence-electron chi connectivity index (χ1n) is 5.71. The largest absolute Gasteiger partial charge is 0.395 e. The fourth-order valence-electron chi connectivity index (χ4n) is 1.88. The van der Waals surface area contributed by atoms with Crippen LogP contribution < -0.4 is 0 Å². The van der Waals surface area contributed by atoms with Gasteiger partial charge in [0, 0.05) is 5.92 Å². The average molecular weight is 224 g/mol. The van der Waals surface area contributed by atoms with Gasteiger partial charge in [-0.15, -0.1) is 0 Å². The summed E-state index contributed by atoms with van der Waals surface area (Å²) < 4.78 is 0. The third kappa shape index (κ3) is 3.18. The smallest absolute Gasteiger partial charge is 0.0540 e. The van der Waals surface area contributed by atoms with Crippen molar-refractivity contribution in [1.29, 1.82) is 0 Å². The first-order valence-corrected chi connectivity index (χ1v) is 5.71. The minimum Gasteiger partial charge on any atom is -0.395 e. The SMILES string of the molecule is [CH2]c1cccc([C](CO)Cc2ccccc2)c1. The zero-order valence-electron chi connectivity index (χ0n) is 9.76. The second kappa shape index (κ2) is 5.65. The van der Waals surface area contributed by atoms with Gasteiger partial charge in [-0.3, -0.25) is 0 Å². The van der Waals surface area contributed by atoms with Gasteiger partial charge in [-0.25, -0.2) is 0 Å². The predicted octanol–water partition coefficient (Wildman–Crippen LogP) is 3.03. The maximum atomic E-state index is 9.47. The molecule has 86 valence electrons. The average Bonchev–Trinajstić information content (AvgIpc) is 2.37. The van der Waals surface area contributed by atoms with Crippen molar-refractivity contribution >= 4 is 0 Å². The van der Waals surface area contributed by atoms with E-state index in [1.807, 2.05) is 42.5 Å². The highest BCUT2D eigenvalue weighted by Gasteiger charge is 2.11. The minimum atomic E-state index is 0.0817. The molecule has 1 heteroatoms. The highest BCUT2D eigenvalue weighted by Crippen LogP contribution is 2.20. The molecule has 0 aliphatic rings. The van der Waals surface area contributed by atoms with Crippen molar-refractivity contribution in [3.05, 3.63) is 84.1 Å². The summed E-state index contributed by atoms with van der Waals surface area (Å²) in [6, 6.07) is 18.1. The van der Waals surface area contributed by atoms with E-state index in [9.17, 15) is 5.11 Å². The molecule has 0 bridgehead atoms. The summed E-state index contributed by atoms with van der Waals surface area (Å²) >= 11 is 0. The Balaban J connectivity index is 2.17. The molecule has 2 aromatic carbocycles. The molecule has 2 aromatic rings. The molecule has 0 aliphatic carbocycles. The quantitative estimate of drug-likeness (QED) is 0.846. The molecule has 0 saturated heterocycles. The molecule has 2 rings (SSSR count). The number of hydrogen-bond donors (Lipinski definition) is 1. The van der Waals surface area contributed by atoms with Crippen molar-refractivity contribution in [3.63, 3.8) is 0 Å². The third-order valence-electron chi connectivity index (χ3n) is 2.79. The summed E-state index contributed by atoms with van der Waals surface area (Å²) in [5.41, 5.74) is 3.26. The third-order valence-corrected chi connectivity index (χ3v) is 2.79. The summed E-state index contributed by atoms with van der Waals surface area (Å²) in [7, 11) is 0. The van der Waals surface area contributed by atoms with Gasteiger partial charge in [0.05, 0.1) is 6.61 Å². The van der Waals surface area contributed by atoms with Crippen LogP contribution in [0, 0.1) is 12.8 Å². The van der Waals surface area contributed by atoms with Crippen molar-refractivity contribution in [2.75, 3.05) is 6.61 Å².